The van der Waals surface area contributed by atoms with Crippen LogP contribution in [0.4, 0.5) is 11.4 Å². The lowest BCUT2D eigenvalue weighted by Gasteiger charge is -2.31. The third kappa shape index (κ3) is 3.29. The van der Waals surface area contributed by atoms with Gasteiger partial charge in [0.15, 0.2) is 0 Å². The third-order valence-electron chi connectivity index (χ3n) is 3.59. The number of amides is 1. The van der Waals surface area contributed by atoms with Gasteiger partial charge in [-0.05, 0) is 25.0 Å². The summed E-state index contributed by atoms with van der Waals surface area (Å²) in [5.74, 6) is 4.93. The van der Waals surface area contributed by atoms with Crippen LogP contribution in [-0.2, 0) is 4.74 Å². The Balaban J connectivity index is 2.30. The van der Waals surface area contributed by atoms with Gasteiger partial charge in [-0.15, -0.1) is 0 Å². The molecule has 0 bridgehead atoms. The Bertz CT molecular complexity index is 549. The van der Waals surface area contributed by atoms with Gasteiger partial charge in [0.25, 0.3) is 11.6 Å². The Morgan fingerprint density at radius 3 is 2.95 bits per heavy atom. The van der Waals surface area contributed by atoms with Gasteiger partial charge >= 0.3 is 0 Å². The zero-order chi connectivity index (χ0) is 15.4. The van der Waals surface area contributed by atoms with Crippen LogP contribution in [-0.4, -0.2) is 42.0 Å². The van der Waals surface area contributed by atoms with Gasteiger partial charge < -0.3 is 15.1 Å². The van der Waals surface area contributed by atoms with E-state index in [0.717, 1.165) is 12.8 Å². The summed E-state index contributed by atoms with van der Waals surface area (Å²) < 4.78 is 5.27. The summed E-state index contributed by atoms with van der Waals surface area (Å²) in [6.07, 6.45) is 1.66. The molecule has 0 radical (unpaired) electrons. The van der Waals surface area contributed by atoms with Crippen molar-refractivity contribution in [1.29, 1.82) is 0 Å². The fourth-order valence-electron chi connectivity index (χ4n) is 2.44. The smallest absolute Gasteiger partial charge is 0.282 e. The molecule has 21 heavy (non-hydrogen) atoms. The van der Waals surface area contributed by atoms with E-state index < -0.39 is 4.92 Å². The fraction of sp³-hybridized carbons (Fsp3) is 0.462. The molecule has 1 unspecified atom stereocenters. The largest absolute Gasteiger partial charge is 0.380 e. The standard InChI is InChI=1S/C13H18N4O4/c1-21-10-3-2-6-16(8-10)13(18)11-7-9(15-14)4-5-12(11)17(19)20/h4-5,7,10,15H,2-3,6,8,14H2,1H3. The lowest BCUT2D eigenvalue weighted by Crippen LogP contribution is -2.43. The Morgan fingerprint density at radius 1 is 1.57 bits per heavy atom. The minimum absolute atomic E-state index is 0.0300. The number of ether oxygens (including phenoxy) is 1. The van der Waals surface area contributed by atoms with Gasteiger partial charge in [0.2, 0.25) is 0 Å². The van der Waals surface area contributed by atoms with Gasteiger partial charge in [-0.2, -0.15) is 0 Å². The maximum Gasteiger partial charge on any atom is 0.282 e. The lowest BCUT2D eigenvalue weighted by atomic mass is 10.1. The monoisotopic (exact) mass is 294 g/mol. The summed E-state index contributed by atoms with van der Waals surface area (Å²) in [5.41, 5.74) is 2.65. The number of nitro groups is 1. The van der Waals surface area contributed by atoms with Crippen LogP contribution in [0, 0.1) is 10.1 Å². The second-order valence-electron chi connectivity index (χ2n) is 4.88. The van der Waals surface area contributed by atoms with Crippen molar-refractivity contribution in [2.24, 2.45) is 5.84 Å². The first kappa shape index (κ1) is 15.2. The molecule has 1 heterocycles. The van der Waals surface area contributed by atoms with Crippen molar-refractivity contribution in [1.82, 2.24) is 4.90 Å². The Morgan fingerprint density at radius 2 is 2.33 bits per heavy atom. The third-order valence-corrected chi connectivity index (χ3v) is 3.59. The van der Waals surface area contributed by atoms with Crippen molar-refractivity contribution >= 4 is 17.3 Å². The predicted molar refractivity (Wildman–Crippen MR) is 76.8 cm³/mol. The zero-order valence-corrected chi connectivity index (χ0v) is 11.7. The first-order valence-electron chi connectivity index (χ1n) is 6.64. The Labute approximate surface area is 122 Å². The summed E-state index contributed by atoms with van der Waals surface area (Å²) in [6, 6.07) is 4.14. The van der Waals surface area contributed by atoms with E-state index in [1.54, 1.807) is 12.0 Å². The lowest BCUT2D eigenvalue weighted by molar-refractivity contribution is -0.385. The first-order chi connectivity index (χ1) is 10.1. The Kier molecular flexibility index (Phi) is 4.71. The minimum Gasteiger partial charge on any atom is -0.380 e. The number of nitrogens with two attached hydrogens (primary N) is 1. The summed E-state index contributed by atoms with van der Waals surface area (Å²) >= 11 is 0. The molecular formula is C13H18N4O4. The highest BCUT2D eigenvalue weighted by molar-refractivity contribution is 5.99. The molecule has 0 aromatic heterocycles. The predicted octanol–water partition coefficient (Wildman–Crippen LogP) is 1.13. The molecule has 1 aromatic carbocycles. The topological polar surface area (TPSA) is 111 Å². The number of nitrogens with one attached hydrogen (secondary N) is 1. The average Bonchev–Trinajstić information content (AvgIpc) is 2.53. The van der Waals surface area contributed by atoms with Gasteiger partial charge in [-0.1, -0.05) is 0 Å². The van der Waals surface area contributed by atoms with Crippen LogP contribution in [0.1, 0.15) is 23.2 Å². The van der Waals surface area contributed by atoms with Crippen LogP contribution >= 0.6 is 0 Å². The zero-order valence-electron chi connectivity index (χ0n) is 11.7. The fourth-order valence-corrected chi connectivity index (χ4v) is 2.44. The van der Waals surface area contributed by atoms with E-state index in [4.69, 9.17) is 10.6 Å². The molecule has 1 aliphatic rings. The molecule has 1 amide bonds. The number of hydrogen-bond acceptors (Lipinski definition) is 6. The molecule has 1 aromatic rings. The number of carbonyl (C=O) groups excluding carboxylic acids is 1. The molecule has 1 fully saturated rings. The van der Waals surface area contributed by atoms with Crippen LogP contribution in [0.15, 0.2) is 18.2 Å². The quantitative estimate of drug-likeness (QED) is 0.489. The minimum atomic E-state index is -0.564. The number of likely N-dealkylation sites (tertiary alicyclic amines) is 1. The number of piperidine rings is 1. The van der Waals surface area contributed by atoms with Crippen molar-refractivity contribution in [3.05, 3.63) is 33.9 Å². The molecule has 114 valence electrons. The summed E-state index contributed by atoms with van der Waals surface area (Å²) in [6.45, 7) is 1.00. The van der Waals surface area contributed by atoms with Crippen LogP contribution < -0.4 is 11.3 Å². The average molecular weight is 294 g/mol. The van der Waals surface area contributed by atoms with Gasteiger partial charge in [0, 0.05) is 32.0 Å². The molecule has 0 aliphatic carbocycles. The van der Waals surface area contributed by atoms with E-state index in [0.29, 0.717) is 18.8 Å². The summed E-state index contributed by atoms with van der Waals surface area (Å²) in [5, 5.41) is 11.1. The number of rotatable bonds is 4. The van der Waals surface area contributed by atoms with Crippen LogP contribution in [0.5, 0.6) is 0 Å². The second-order valence-corrected chi connectivity index (χ2v) is 4.88. The van der Waals surface area contributed by atoms with Crippen LogP contribution in [0.3, 0.4) is 0 Å². The molecule has 0 saturated carbocycles. The molecule has 8 nitrogen and oxygen atoms in total. The van der Waals surface area contributed by atoms with Crippen LogP contribution in [0.2, 0.25) is 0 Å². The molecular weight excluding hydrogens is 276 g/mol. The molecule has 1 saturated heterocycles. The maximum absolute atomic E-state index is 12.6. The second kappa shape index (κ2) is 6.51. The Hall–Kier alpha value is -2.19. The van der Waals surface area contributed by atoms with Gasteiger partial charge in [0.05, 0.1) is 11.0 Å². The van der Waals surface area contributed by atoms with Crippen molar-refractivity contribution in [3.8, 4) is 0 Å². The van der Waals surface area contributed by atoms with E-state index >= 15 is 0 Å². The highest BCUT2D eigenvalue weighted by atomic mass is 16.6. The molecule has 1 aliphatic heterocycles. The van der Waals surface area contributed by atoms with Gasteiger partial charge in [-0.25, -0.2) is 0 Å². The number of nitrogen functional groups attached to an aromatic ring is 1. The number of nitro benzene ring substituents is 1. The number of methoxy groups -OCH3 is 1. The number of benzene rings is 1. The van der Waals surface area contributed by atoms with Crippen molar-refractivity contribution < 1.29 is 14.5 Å². The number of hydrogen-bond donors (Lipinski definition) is 2. The van der Waals surface area contributed by atoms with E-state index in [9.17, 15) is 14.9 Å². The van der Waals surface area contributed by atoms with E-state index in [-0.39, 0.29) is 23.3 Å². The molecule has 0 spiro atoms. The van der Waals surface area contributed by atoms with E-state index in [1.165, 1.54) is 18.2 Å². The molecule has 2 rings (SSSR count). The van der Waals surface area contributed by atoms with Gasteiger partial charge in [-0.3, -0.25) is 20.8 Å². The SMILES string of the molecule is COC1CCCN(C(=O)c2cc(NN)ccc2[N+](=O)[O-])C1. The molecule has 8 heteroatoms. The van der Waals surface area contributed by atoms with Crippen molar-refractivity contribution in [2.75, 3.05) is 25.6 Å². The molecule has 3 N–H and O–H groups in total. The number of hydrazine groups is 1. The van der Waals surface area contributed by atoms with Crippen LogP contribution in [0.25, 0.3) is 0 Å². The van der Waals surface area contributed by atoms with Gasteiger partial charge in [0.1, 0.15) is 5.56 Å². The summed E-state index contributed by atoms with van der Waals surface area (Å²) in [7, 11) is 1.60. The highest BCUT2D eigenvalue weighted by Crippen LogP contribution is 2.25. The molecule has 1 atom stereocenters. The number of carbonyl (C=O) groups is 1. The number of nitrogens with zero attached hydrogens (tertiary/aromatic N) is 2. The van der Waals surface area contributed by atoms with Crippen molar-refractivity contribution in [2.45, 2.75) is 18.9 Å². The van der Waals surface area contributed by atoms with E-state index in [1.807, 2.05) is 0 Å². The summed E-state index contributed by atoms with van der Waals surface area (Å²) in [4.78, 5) is 24.7. The van der Waals surface area contributed by atoms with Crippen molar-refractivity contribution in [3.63, 3.8) is 0 Å². The maximum atomic E-state index is 12.6. The van der Waals surface area contributed by atoms with E-state index in [2.05, 4.69) is 5.43 Å². The normalized spacial score (nSPS) is 18.4. The number of anilines is 1. The highest BCUT2D eigenvalue weighted by Gasteiger charge is 2.29. The first-order valence-corrected chi connectivity index (χ1v) is 6.64.